The SMILES string of the molecule is COc1cccc(C(=O)c2ccc(F)cc2)c1. The Labute approximate surface area is 98.7 Å². The van der Waals surface area contributed by atoms with Gasteiger partial charge in [-0.1, -0.05) is 12.1 Å². The minimum atomic E-state index is -0.354. The van der Waals surface area contributed by atoms with Gasteiger partial charge in [-0.15, -0.1) is 0 Å². The quantitative estimate of drug-likeness (QED) is 0.757. The lowest BCUT2D eigenvalue weighted by molar-refractivity contribution is 0.103. The maximum atomic E-state index is 12.7. The van der Waals surface area contributed by atoms with Crippen molar-refractivity contribution in [1.29, 1.82) is 0 Å². The lowest BCUT2D eigenvalue weighted by Crippen LogP contribution is -2.01. The number of hydrogen-bond donors (Lipinski definition) is 0. The van der Waals surface area contributed by atoms with E-state index in [4.69, 9.17) is 4.74 Å². The van der Waals surface area contributed by atoms with Crippen molar-refractivity contribution < 1.29 is 13.9 Å². The lowest BCUT2D eigenvalue weighted by atomic mass is 10.0. The van der Waals surface area contributed by atoms with E-state index in [0.29, 0.717) is 16.9 Å². The van der Waals surface area contributed by atoms with Crippen LogP contribution in [0.4, 0.5) is 4.39 Å². The third-order valence-corrected chi connectivity index (χ3v) is 2.44. The zero-order valence-electron chi connectivity index (χ0n) is 9.31. The highest BCUT2D eigenvalue weighted by atomic mass is 19.1. The number of ketones is 1. The number of methoxy groups -OCH3 is 1. The van der Waals surface area contributed by atoms with Crippen LogP contribution in [0.1, 0.15) is 15.9 Å². The van der Waals surface area contributed by atoms with Gasteiger partial charge in [0.2, 0.25) is 0 Å². The molecule has 0 saturated carbocycles. The summed E-state index contributed by atoms with van der Waals surface area (Å²) in [5.41, 5.74) is 0.982. The molecule has 0 unspecified atom stereocenters. The molecule has 0 N–H and O–H groups in total. The van der Waals surface area contributed by atoms with E-state index in [2.05, 4.69) is 0 Å². The molecule has 2 aromatic carbocycles. The van der Waals surface area contributed by atoms with Crippen molar-refractivity contribution in [3.8, 4) is 5.75 Å². The first-order chi connectivity index (χ1) is 8.20. The first-order valence-corrected chi connectivity index (χ1v) is 5.15. The van der Waals surface area contributed by atoms with Crippen LogP contribution in [0.15, 0.2) is 48.5 Å². The van der Waals surface area contributed by atoms with Gasteiger partial charge in [-0.2, -0.15) is 0 Å². The monoisotopic (exact) mass is 230 g/mol. The fraction of sp³-hybridized carbons (Fsp3) is 0.0714. The maximum Gasteiger partial charge on any atom is 0.193 e. The summed E-state index contributed by atoms with van der Waals surface area (Å²) < 4.78 is 17.8. The van der Waals surface area contributed by atoms with Crippen molar-refractivity contribution in [2.45, 2.75) is 0 Å². The van der Waals surface area contributed by atoms with Crippen LogP contribution in [0.2, 0.25) is 0 Å². The fourth-order valence-electron chi connectivity index (χ4n) is 1.53. The molecule has 0 amide bonds. The molecule has 0 aliphatic heterocycles. The smallest absolute Gasteiger partial charge is 0.193 e. The molecule has 0 atom stereocenters. The van der Waals surface area contributed by atoms with E-state index in [1.807, 2.05) is 0 Å². The topological polar surface area (TPSA) is 26.3 Å². The Bertz CT molecular complexity index is 532. The summed E-state index contributed by atoms with van der Waals surface area (Å²) in [6, 6.07) is 12.4. The highest BCUT2D eigenvalue weighted by Crippen LogP contribution is 2.16. The molecule has 2 rings (SSSR count). The Morgan fingerprint density at radius 3 is 2.41 bits per heavy atom. The third kappa shape index (κ3) is 2.50. The summed E-state index contributed by atoms with van der Waals surface area (Å²) in [5, 5.41) is 0. The molecule has 0 aliphatic rings. The van der Waals surface area contributed by atoms with Crippen LogP contribution in [-0.4, -0.2) is 12.9 Å². The van der Waals surface area contributed by atoms with Crippen molar-refractivity contribution >= 4 is 5.78 Å². The van der Waals surface area contributed by atoms with Crippen LogP contribution >= 0.6 is 0 Å². The molecule has 17 heavy (non-hydrogen) atoms. The van der Waals surface area contributed by atoms with Crippen LogP contribution in [0.5, 0.6) is 5.75 Å². The second-order valence-corrected chi connectivity index (χ2v) is 3.57. The molecule has 0 aliphatic carbocycles. The Balaban J connectivity index is 2.33. The van der Waals surface area contributed by atoms with Crippen LogP contribution in [0, 0.1) is 5.82 Å². The number of carbonyl (C=O) groups excluding carboxylic acids is 1. The maximum absolute atomic E-state index is 12.7. The highest BCUT2D eigenvalue weighted by Gasteiger charge is 2.09. The van der Waals surface area contributed by atoms with Gasteiger partial charge in [0, 0.05) is 11.1 Å². The van der Waals surface area contributed by atoms with Crippen molar-refractivity contribution in [2.24, 2.45) is 0 Å². The number of hydrogen-bond acceptors (Lipinski definition) is 2. The summed E-state index contributed by atoms with van der Waals surface area (Å²) >= 11 is 0. The largest absolute Gasteiger partial charge is 0.497 e. The summed E-state index contributed by atoms with van der Waals surface area (Å²) in [6.45, 7) is 0. The first kappa shape index (κ1) is 11.3. The summed E-state index contributed by atoms with van der Waals surface area (Å²) in [4.78, 5) is 12.0. The highest BCUT2D eigenvalue weighted by molar-refractivity contribution is 6.09. The van der Waals surface area contributed by atoms with E-state index < -0.39 is 0 Å². The molecule has 0 aromatic heterocycles. The van der Waals surface area contributed by atoms with Crippen LogP contribution in [0.25, 0.3) is 0 Å². The Kier molecular flexibility index (Phi) is 3.19. The van der Waals surface area contributed by atoms with E-state index in [9.17, 15) is 9.18 Å². The Hall–Kier alpha value is -2.16. The van der Waals surface area contributed by atoms with Crippen molar-refractivity contribution in [3.63, 3.8) is 0 Å². The van der Waals surface area contributed by atoms with Crippen molar-refractivity contribution in [3.05, 3.63) is 65.5 Å². The molecule has 0 saturated heterocycles. The predicted molar refractivity (Wildman–Crippen MR) is 62.8 cm³/mol. The van der Waals surface area contributed by atoms with Crippen molar-refractivity contribution in [2.75, 3.05) is 7.11 Å². The molecular formula is C14H11FO2. The number of rotatable bonds is 3. The molecular weight excluding hydrogens is 219 g/mol. The molecule has 0 heterocycles. The summed E-state index contributed by atoms with van der Waals surface area (Å²) in [6.07, 6.45) is 0. The first-order valence-electron chi connectivity index (χ1n) is 5.15. The molecule has 0 bridgehead atoms. The molecule has 0 spiro atoms. The van der Waals surface area contributed by atoms with E-state index in [-0.39, 0.29) is 11.6 Å². The second-order valence-electron chi connectivity index (χ2n) is 3.57. The average Bonchev–Trinajstić information content (AvgIpc) is 2.39. The number of carbonyl (C=O) groups is 1. The fourth-order valence-corrected chi connectivity index (χ4v) is 1.53. The van der Waals surface area contributed by atoms with Gasteiger partial charge < -0.3 is 4.74 Å². The standard InChI is InChI=1S/C14H11FO2/c1-17-13-4-2-3-11(9-13)14(16)10-5-7-12(15)8-6-10/h2-9H,1H3. The minimum Gasteiger partial charge on any atom is -0.497 e. The van der Waals surface area contributed by atoms with E-state index >= 15 is 0 Å². The average molecular weight is 230 g/mol. The summed E-state index contributed by atoms with van der Waals surface area (Å²) in [7, 11) is 1.54. The molecule has 0 radical (unpaired) electrons. The molecule has 3 heteroatoms. The molecule has 86 valence electrons. The Morgan fingerprint density at radius 1 is 1.06 bits per heavy atom. The summed E-state index contributed by atoms with van der Waals surface area (Å²) in [5.74, 6) is 0.119. The third-order valence-electron chi connectivity index (χ3n) is 2.44. The van der Waals surface area contributed by atoms with Gasteiger partial charge in [0.15, 0.2) is 5.78 Å². The van der Waals surface area contributed by atoms with E-state index in [1.165, 1.54) is 24.3 Å². The zero-order valence-corrected chi connectivity index (χ0v) is 9.31. The predicted octanol–water partition coefficient (Wildman–Crippen LogP) is 3.07. The molecule has 0 fully saturated rings. The van der Waals surface area contributed by atoms with E-state index in [1.54, 1.807) is 31.4 Å². The van der Waals surface area contributed by atoms with Gasteiger partial charge in [0.1, 0.15) is 11.6 Å². The second kappa shape index (κ2) is 4.78. The van der Waals surface area contributed by atoms with Crippen LogP contribution in [0.3, 0.4) is 0 Å². The van der Waals surface area contributed by atoms with Crippen LogP contribution in [-0.2, 0) is 0 Å². The van der Waals surface area contributed by atoms with Gasteiger partial charge in [-0.05, 0) is 36.4 Å². The van der Waals surface area contributed by atoms with Gasteiger partial charge in [0.25, 0.3) is 0 Å². The molecule has 2 nitrogen and oxygen atoms in total. The number of ether oxygens (including phenoxy) is 1. The van der Waals surface area contributed by atoms with Gasteiger partial charge in [0.05, 0.1) is 7.11 Å². The van der Waals surface area contributed by atoms with Gasteiger partial charge in [-0.3, -0.25) is 4.79 Å². The van der Waals surface area contributed by atoms with Gasteiger partial charge in [-0.25, -0.2) is 4.39 Å². The minimum absolute atomic E-state index is 0.149. The Morgan fingerprint density at radius 2 is 1.76 bits per heavy atom. The van der Waals surface area contributed by atoms with E-state index in [0.717, 1.165) is 0 Å². The van der Waals surface area contributed by atoms with Crippen molar-refractivity contribution in [1.82, 2.24) is 0 Å². The van der Waals surface area contributed by atoms with Gasteiger partial charge >= 0.3 is 0 Å². The normalized spacial score (nSPS) is 10.0. The van der Waals surface area contributed by atoms with Crippen LogP contribution < -0.4 is 4.74 Å². The lowest BCUT2D eigenvalue weighted by Gasteiger charge is -2.03. The number of halogens is 1. The number of benzene rings is 2. The zero-order chi connectivity index (χ0) is 12.3. The molecule has 2 aromatic rings.